The van der Waals surface area contributed by atoms with E-state index in [4.69, 9.17) is 20.5 Å². The van der Waals surface area contributed by atoms with Crippen LogP contribution in [0.4, 0.5) is 0 Å². The highest BCUT2D eigenvalue weighted by molar-refractivity contribution is 7.33. The molecule has 4 N–H and O–H groups in total. The molecule has 2 atom stereocenters. The van der Waals surface area contributed by atoms with E-state index >= 15 is 0 Å². The zero-order valence-corrected chi connectivity index (χ0v) is 13.1. The van der Waals surface area contributed by atoms with Crippen LogP contribution in [0.2, 0.25) is 0 Å². The van der Waals surface area contributed by atoms with Crippen LogP contribution in [0, 0.1) is 20.2 Å². The molecular weight excluding hydrogens is 343 g/mol. The SMILES string of the molecule is NC1(O[P+](=O)OC2(N)C=CC([N+](=O)[O-])=CC2)C=CC([N+](=O)[O-])=CC1. The maximum absolute atomic E-state index is 12.0. The minimum atomic E-state index is -2.78. The summed E-state index contributed by atoms with van der Waals surface area (Å²) in [7, 11) is -2.78. The summed E-state index contributed by atoms with van der Waals surface area (Å²) in [5, 5.41) is 21.2. The molecule has 2 aliphatic rings. The average Bonchev–Trinajstić information content (AvgIpc) is 2.46. The summed E-state index contributed by atoms with van der Waals surface area (Å²) in [5.74, 6) is 0. The molecule has 0 amide bonds. The van der Waals surface area contributed by atoms with Crippen molar-refractivity contribution in [1.29, 1.82) is 0 Å². The number of hydrogen-bond acceptors (Lipinski definition) is 9. The third kappa shape index (κ3) is 4.37. The van der Waals surface area contributed by atoms with Gasteiger partial charge in [0.25, 0.3) is 11.4 Å². The number of nitrogens with two attached hydrogens (primary N) is 2. The lowest BCUT2D eigenvalue weighted by molar-refractivity contribution is -0.419. The first kappa shape index (κ1) is 18.0. The zero-order chi connectivity index (χ0) is 18.0. The molecular formula is C12H14N4O7P+. The van der Waals surface area contributed by atoms with E-state index in [0.29, 0.717) is 0 Å². The van der Waals surface area contributed by atoms with Crippen molar-refractivity contribution < 1.29 is 23.5 Å². The monoisotopic (exact) mass is 357 g/mol. The second-order valence-corrected chi connectivity index (χ2v) is 5.98. The highest BCUT2D eigenvalue weighted by Gasteiger charge is 2.44. The van der Waals surface area contributed by atoms with Crippen molar-refractivity contribution in [3.05, 3.63) is 68.1 Å². The van der Waals surface area contributed by atoms with Crippen LogP contribution in [0.25, 0.3) is 0 Å². The maximum atomic E-state index is 12.0. The molecule has 12 heteroatoms. The van der Waals surface area contributed by atoms with Crippen LogP contribution >= 0.6 is 8.25 Å². The van der Waals surface area contributed by atoms with E-state index in [-0.39, 0.29) is 24.2 Å². The lowest BCUT2D eigenvalue weighted by Crippen LogP contribution is -2.42. The molecule has 0 saturated carbocycles. The number of nitro groups is 2. The number of allylic oxidation sites excluding steroid dienone is 2. The van der Waals surface area contributed by atoms with Gasteiger partial charge in [-0.05, 0) is 24.3 Å². The van der Waals surface area contributed by atoms with Crippen molar-refractivity contribution in [2.45, 2.75) is 24.3 Å². The standard InChI is InChI=1S/C12H14N4O7P/c13-11(5-1-9(2-6-11)15(17)18)22-24(21)23-12(14)7-3-10(4-8-12)16(19)20/h1-5,7H,6,8,13-14H2/q+1. The molecule has 0 fully saturated rings. The fraction of sp³-hybridized carbons (Fsp3) is 0.333. The van der Waals surface area contributed by atoms with Crippen LogP contribution < -0.4 is 11.5 Å². The van der Waals surface area contributed by atoms with Crippen LogP contribution in [-0.2, 0) is 13.6 Å². The summed E-state index contributed by atoms with van der Waals surface area (Å²) in [6.45, 7) is 0. The van der Waals surface area contributed by atoms with Gasteiger partial charge in [-0.1, -0.05) is 9.05 Å². The van der Waals surface area contributed by atoms with Gasteiger partial charge in [-0.3, -0.25) is 31.7 Å². The van der Waals surface area contributed by atoms with Crippen molar-refractivity contribution in [1.82, 2.24) is 0 Å². The van der Waals surface area contributed by atoms with Crippen molar-refractivity contribution >= 4 is 8.25 Å². The highest BCUT2D eigenvalue weighted by Crippen LogP contribution is 2.38. The minimum absolute atomic E-state index is 0.0803. The molecule has 0 bridgehead atoms. The number of nitrogens with zero attached hydrogens (tertiary/aromatic N) is 2. The molecule has 0 aromatic carbocycles. The molecule has 24 heavy (non-hydrogen) atoms. The average molecular weight is 357 g/mol. The summed E-state index contributed by atoms with van der Waals surface area (Å²) < 4.78 is 22.2. The van der Waals surface area contributed by atoms with Crippen LogP contribution in [-0.4, -0.2) is 21.3 Å². The molecule has 2 aliphatic carbocycles. The lowest BCUT2D eigenvalue weighted by Gasteiger charge is -2.22. The van der Waals surface area contributed by atoms with Crippen LogP contribution in [0.5, 0.6) is 0 Å². The van der Waals surface area contributed by atoms with Gasteiger partial charge in [-0.25, -0.2) is 0 Å². The summed E-state index contributed by atoms with van der Waals surface area (Å²) in [5.41, 5.74) is 8.28. The third-order valence-corrected chi connectivity index (χ3v) is 4.22. The topological polar surface area (TPSA) is 174 Å². The Balaban J connectivity index is 1.95. The fourth-order valence-corrected chi connectivity index (χ4v) is 2.82. The second-order valence-electron chi connectivity index (χ2n) is 5.16. The number of hydrogen-bond donors (Lipinski definition) is 2. The third-order valence-electron chi connectivity index (χ3n) is 3.24. The van der Waals surface area contributed by atoms with E-state index in [1.807, 2.05) is 0 Å². The Labute approximate surface area is 136 Å². The predicted molar refractivity (Wildman–Crippen MR) is 81.3 cm³/mol. The Bertz CT molecular complexity index is 658. The van der Waals surface area contributed by atoms with Crippen molar-refractivity contribution in [2.24, 2.45) is 11.5 Å². The first-order valence-corrected chi connectivity index (χ1v) is 7.73. The van der Waals surface area contributed by atoms with E-state index in [1.165, 1.54) is 24.3 Å². The summed E-state index contributed by atoms with van der Waals surface area (Å²) in [6.07, 6.45) is 6.97. The quantitative estimate of drug-likeness (QED) is 0.306. The van der Waals surface area contributed by atoms with Gasteiger partial charge in [0.1, 0.15) is 0 Å². The van der Waals surface area contributed by atoms with Gasteiger partial charge < -0.3 is 0 Å². The smallest absolute Gasteiger partial charge is 0.296 e. The van der Waals surface area contributed by atoms with E-state index in [0.717, 1.165) is 12.2 Å². The van der Waals surface area contributed by atoms with E-state index in [2.05, 4.69) is 0 Å². The van der Waals surface area contributed by atoms with E-state index in [1.54, 1.807) is 0 Å². The van der Waals surface area contributed by atoms with Gasteiger partial charge >= 0.3 is 8.25 Å². The molecule has 2 unspecified atom stereocenters. The largest absolute Gasteiger partial charge is 0.701 e. The minimum Gasteiger partial charge on any atom is -0.296 e. The van der Waals surface area contributed by atoms with E-state index < -0.39 is 29.6 Å². The Morgan fingerprint density at radius 3 is 1.58 bits per heavy atom. The Kier molecular flexibility index (Phi) is 5.02. The maximum Gasteiger partial charge on any atom is 0.701 e. The van der Waals surface area contributed by atoms with Gasteiger partial charge in [-0.2, -0.15) is 0 Å². The summed E-state index contributed by atoms with van der Waals surface area (Å²) in [6, 6.07) is 0. The lowest BCUT2D eigenvalue weighted by atomic mass is 10.0. The predicted octanol–water partition coefficient (Wildman–Crippen LogP) is 1.23. The molecule has 0 spiro atoms. The Hall–Kier alpha value is -2.30. The van der Waals surface area contributed by atoms with Gasteiger partial charge in [0, 0.05) is 29.6 Å². The molecule has 128 valence electrons. The van der Waals surface area contributed by atoms with Crippen LogP contribution in [0.1, 0.15) is 12.8 Å². The van der Waals surface area contributed by atoms with Gasteiger partial charge in [-0.15, -0.1) is 0 Å². The molecule has 0 aromatic heterocycles. The van der Waals surface area contributed by atoms with Crippen molar-refractivity contribution in [2.75, 3.05) is 0 Å². The highest BCUT2D eigenvalue weighted by atomic mass is 31.1. The normalized spacial score (nSPS) is 29.7. The van der Waals surface area contributed by atoms with Gasteiger partial charge in [0.05, 0.1) is 9.85 Å². The second kappa shape index (κ2) is 6.67. The molecule has 0 aromatic rings. The molecule has 11 nitrogen and oxygen atoms in total. The van der Waals surface area contributed by atoms with Crippen molar-refractivity contribution in [3.8, 4) is 0 Å². The molecule has 0 saturated heterocycles. The number of rotatable bonds is 6. The molecule has 0 aliphatic heterocycles. The first-order valence-electron chi connectivity index (χ1n) is 6.63. The Morgan fingerprint density at radius 2 is 1.33 bits per heavy atom. The Morgan fingerprint density at radius 1 is 0.958 bits per heavy atom. The first-order chi connectivity index (χ1) is 11.1. The molecule has 2 rings (SSSR count). The summed E-state index contributed by atoms with van der Waals surface area (Å²) in [4.78, 5) is 20.0. The molecule has 0 heterocycles. The van der Waals surface area contributed by atoms with Crippen LogP contribution in [0.15, 0.2) is 47.9 Å². The zero-order valence-electron chi connectivity index (χ0n) is 12.2. The van der Waals surface area contributed by atoms with Gasteiger partial charge in [0.2, 0.25) is 0 Å². The van der Waals surface area contributed by atoms with Crippen molar-refractivity contribution in [3.63, 3.8) is 0 Å². The van der Waals surface area contributed by atoms with E-state index in [9.17, 15) is 24.8 Å². The van der Waals surface area contributed by atoms with Crippen LogP contribution in [0.3, 0.4) is 0 Å². The fourth-order valence-electron chi connectivity index (χ4n) is 1.96. The molecule has 0 radical (unpaired) electrons. The summed E-state index contributed by atoms with van der Waals surface area (Å²) >= 11 is 0. The van der Waals surface area contributed by atoms with Gasteiger partial charge in [0.15, 0.2) is 11.4 Å².